The molecular weight excluding hydrogens is 490 g/mol. The van der Waals surface area contributed by atoms with Gasteiger partial charge in [0.2, 0.25) is 0 Å². The van der Waals surface area contributed by atoms with Gasteiger partial charge in [-0.2, -0.15) is 0 Å². The minimum Gasteiger partial charge on any atom is -0.364 e. The lowest BCUT2D eigenvalue weighted by Crippen LogP contribution is -2.11. The van der Waals surface area contributed by atoms with Gasteiger partial charge in [0.15, 0.2) is 10.7 Å². The third kappa shape index (κ3) is 4.89. The summed E-state index contributed by atoms with van der Waals surface area (Å²) in [6.07, 6.45) is 3.09. The van der Waals surface area contributed by atoms with Crippen LogP contribution in [-0.2, 0) is 22.0 Å². The van der Waals surface area contributed by atoms with E-state index in [0.717, 1.165) is 16.8 Å². The van der Waals surface area contributed by atoms with Gasteiger partial charge in [0.1, 0.15) is 5.82 Å². The van der Waals surface area contributed by atoms with Crippen LogP contribution in [0.1, 0.15) is 11.3 Å². The molecule has 0 spiro atoms. The average Bonchev–Trinajstić information content (AvgIpc) is 2.91. The minimum absolute atomic E-state index is 0.212. The van der Waals surface area contributed by atoms with Gasteiger partial charge in [0, 0.05) is 29.1 Å². The maximum absolute atomic E-state index is 13.0. The zero-order valence-corrected chi connectivity index (χ0v) is 20.1. The first-order valence-corrected chi connectivity index (χ1v) is 12.3. The van der Waals surface area contributed by atoms with E-state index in [1.807, 2.05) is 36.4 Å². The molecule has 10 heteroatoms. The molecule has 4 N–H and O–H groups in total. The predicted molar refractivity (Wildman–Crippen MR) is 142 cm³/mol. The number of primary amides is 1. The number of benzene rings is 2. The first-order valence-electron chi connectivity index (χ1n) is 11.1. The minimum atomic E-state index is -2.69. The van der Waals surface area contributed by atoms with Crippen LogP contribution in [0.3, 0.4) is 0 Å². The molecule has 0 aliphatic carbocycles. The van der Waals surface area contributed by atoms with E-state index in [1.165, 1.54) is 18.3 Å². The number of amides is 1. The maximum Gasteiger partial charge on any atom is 0.293 e. The Balaban J connectivity index is 1.74. The summed E-state index contributed by atoms with van der Waals surface area (Å²) in [7, 11) is -2.69. The highest BCUT2D eigenvalue weighted by Crippen LogP contribution is 2.33. The number of fused-ring (bicyclic) bond motifs is 3. The van der Waals surface area contributed by atoms with Gasteiger partial charge in [-0.05, 0) is 41.5 Å². The number of anilines is 1. The number of nitrogens with zero attached hydrogens (tertiary/aromatic N) is 2. The van der Waals surface area contributed by atoms with Crippen LogP contribution in [0.5, 0.6) is 0 Å². The molecule has 3 aromatic heterocycles. The quantitative estimate of drug-likeness (QED) is 0.162. The zero-order valence-electron chi connectivity index (χ0n) is 19.2. The third-order valence-electron chi connectivity index (χ3n) is 5.73. The molecule has 5 aromatic rings. The number of aromatic nitrogens is 3. The van der Waals surface area contributed by atoms with E-state index in [2.05, 4.69) is 27.1 Å². The first-order chi connectivity index (χ1) is 17.9. The van der Waals surface area contributed by atoms with Crippen LogP contribution in [0.2, 0.25) is 0 Å². The summed E-state index contributed by atoms with van der Waals surface area (Å²) >= 11 is 0. The number of hydrogen-bond acceptors (Lipinski definition) is 7. The van der Waals surface area contributed by atoms with Crippen molar-refractivity contribution in [2.45, 2.75) is 11.4 Å². The van der Waals surface area contributed by atoms with Crippen LogP contribution >= 0.6 is 0 Å². The van der Waals surface area contributed by atoms with Crippen LogP contribution in [0.4, 0.5) is 5.82 Å². The fourth-order valence-corrected chi connectivity index (χ4v) is 4.40. The molecule has 0 aliphatic rings. The Labute approximate surface area is 212 Å². The molecule has 0 aliphatic heterocycles. The molecule has 182 valence electrons. The van der Waals surface area contributed by atoms with Gasteiger partial charge < -0.3 is 16.0 Å². The number of pyridine rings is 3. The Morgan fingerprint density at radius 2 is 1.81 bits per heavy atom. The number of rotatable bonds is 5. The highest BCUT2D eigenvalue weighted by atomic mass is 32.2. The van der Waals surface area contributed by atoms with E-state index in [9.17, 15) is 18.0 Å². The summed E-state index contributed by atoms with van der Waals surface area (Å²) in [6.45, 7) is 0.385. The SMILES string of the molecule is NC(=O)C#Cc1c[nH]c(=O)c2c1nc(NCc1ccccn1)c1ccc(-c3ccc([SH](=O)=O)cc3)cc12. The number of hydrogen-bond donors (Lipinski definition) is 4. The fraction of sp³-hybridized carbons (Fsp3) is 0.0370. The van der Waals surface area contributed by atoms with Crippen LogP contribution in [-0.4, -0.2) is 29.3 Å². The van der Waals surface area contributed by atoms with Crippen LogP contribution in [0.15, 0.2) is 82.7 Å². The zero-order chi connectivity index (χ0) is 25.9. The van der Waals surface area contributed by atoms with Gasteiger partial charge in [-0.15, -0.1) is 0 Å². The van der Waals surface area contributed by atoms with E-state index < -0.39 is 16.6 Å². The first kappa shape index (κ1) is 23.7. The lowest BCUT2D eigenvalue weighted by Gasteiger charge is -2.13. The van der Waals surface area contributed by atoms with Crippen molar-refractivity contribution < 1.29 is 13.2 Å². The Morgan fingerprint density at radius 1 is 1.03 bits per heavy atom. The summed E-state index contributed by atoms with van der Waals surface area (Å²) in [5, 5.41) is 4.89. The number of H-pyrrole nitrogens is 1. The van der Waals surface area contributed by atoms with Crippen molar-refractivity contribution in [2.24, 2.45) is 5.73 Å². The lowest BCUT2D eigenvalue weighted by molar-refractivity contribution is -0.112. The molecule has 0 saturated heterocycles. The normalized spacial score (nSPS) is 10.8. The highest BCUT2D eigenvalue weighted by molar-refractivity contribution is 7.72. The Kier molecular flexibility index (Phi) is 6.36. The number of carbonyl (C=O) groups is 1. The van der Waals surface area contributed by atoms with E-state index in [1.54, 1.807) is 18.3 Å². The molecule has 0 atom stereocenters. The van der Waals surface area contributed by atoms with Crippen molar-refractivity contribution >= 4 is 44.1 Å². The van der Waals surface area contributed by atoms with Crippen molar-refractivity contribution in [3.63, 3.8) is 0 Å². The summed E-state index contributed by atoms with van der Waals surface area (Å²) in [4.78, 5) is 36.2. The molecule has 0 radical (unpaired) electrons. The molecule has 1 amide bonds. The Bertz CT molecular complexity index is 1860. The van der Waals surface area contributed by atoms with Crippen LogP contribution < -0.4 is 16.6 Å². The number of carbonyl (C=O) groups excluding carboxylic acids is 1. The summed E-state index contributed by atoms with van der Waals surface area (Å²) in [6, 6.07) is 17.6. The lowest BCUT2D eigenvalue weighted by atomic mass is 9.98. The van der Waals surface area contributed by atoms with Gasteiger partial charge in [-0.1, -0.05) is 36.3 Å². The highest BCUT2D eigenvalue weighted by Gasteiger charge is 2.15. The number of aromatic amines is 1. The van der Waals surface area contributed by atoms with Crippen molar-refractivity contribution in [1.29, 1.82) is 0 Å². The molecule has 0 unspecified atom stereocenters. The van der Waals surface area contributed by atoms with E-state index in [-0.39, 0.29) is 10.5 Å². The van der Waals surface area contributed by atoms with Gasteiger partial charge in [0.25, 0.3) is 11.5 Å². The predicted octanol–water partition coefficient (Wildman–Crippen LogP) is 2.56. The van der Waals surface area contributed by atoms with Crippen LogP contribution in [0.25, 0.3) is 32.8 Å². The van der Waals surface area contributed by atoms with E-state index in [4.69, 9.17) is 10.7 Å². The average molecular weight is 510 g/mol. The summed E-state index contributed by atoms with van der Waals surface area (Å²) in [5.41, 5.74) is 7.82. The molecule has 2 aromatic carbocycles. The molecule has 0 bridgehead atoms. The second-order valence-electron chi connectivity index (χ2n) is 8.07. The van der Waals surface area contributed by atoms with Gasteiger partial charge in [0.05, 0.1) is 33.6 Å². The topological polar surface area (TPSA) is 148 Å². The molecule has 0 saturated carbocycles. The van der Waals surface area contributed by atoms with Crippen molar-refractivity contribution in [2.75, 3.05) is 5.32 Å². The Hall–Kier alpha value is -5.01. The van der Waals surface area contributed by atoms with Crippen molar-refractivity contribution in [1.82, 2.24) is 15.0 Å². The number of thiol groups is 1. The Morgan fingerprint density at radius 3 is 2.51 bits per heavy atom. The second-order valence-corrected chi connectivity index (χ2v) is 9.10. The molecule has 0 fully saturated rings. The summed E-state index contributed by atoms with van der Waals surface area (Å²) in [5.74, 6) is 4.69. The standard InChI is InChI=1S/C27H19N5O4S/c28-23(33)11-7-18-14-31-27(34)24-22-13-17(16-4-8-20(9-5-16)37(35)36)6-10-21(22)26(32-25(18)24)30-15-19-3-1-2-12-29-19/h1-6,8-10,12-14,37H,15H2,(H2,28,33)(H,30,32)(H,31,34). The number of nitrogens with one attached hydrogen (secondary N) is 2. The maximum atomic E-state index is 13.0. The van der Waals surface area contributed by atoms with E-state index in [0.29, 0.717) is 39.6 Å². The largest absolute Gasteiger partial charge is 0.364 e. The van der Waals surface area contributed by atoms with Crippen LogP contribution in [0, 0.1) is 11.8 Å². The summed E-state index contributed by atoms with van der Waals surface area (Å²) < 4.78 is 22.6. The van der Waals surface area contributed by atoms with Crippen molar-refractivity contribution in [3.05, 3.63) is 94.7 Å². The van der Waals surface area contributed by atoms with E-state index >= 15 is 0 Å². The monoisotopic (exact) mass is 509 g/mol. The van der Waals surface area contributed by atoms with Gasteiger partial charge >= 0.3 is 0 Å². The third-order valence-corrected chi connectivity index (χ3v) is 6.45. The molecule has 9 nitrogen and oxygen atoms in total. The second kappa shape index (κ2) is 9.93. The van der Waals surface area contributed by atoms with Gasteiger partial charge in [-0.3, -0.25) is 14.6 Å². The fourth-order valence-electron chi connectivity index (χ4n) is 4.01. The number of nitrogens with two attached hydrogens (primary N) is 1. The molecule has 5 rings (SSSR count). The molecule has 37 heavy (non-hydrogen) atoms. The van der Waals surface area contributed by atoms with Crippen molar-refractivity contribution in [3.8, 4) is 23.0 Å². The van der Waals surface area contributed by atoms with Gasteiger partial charge in [-0.25, -0.2) is 13.4 Å². The molecule has 3 heterocycles. The smallest absolute Gasteiger partial charge is 0.293 e. The molecular formula is C27H19N5O4S.